The molecule has 0 unspecified atom stereocenters. The average molecular weight is 349 g/mol. The van der Waals surface area contributed by atoms with Gasteiger partial charge in [-0.1, -0.05) is 43.1 Å². The fourth-order valence-electron chi connectivity index (χ4n) is 2.26. The third-order valence-corrected chi connectivity index (χ3v) is 3.98. The maximum Gasteiger partial charge on any atom is 0.251 e. The quantitative estimate of drug-likeness (QED) is 0.698. The molecule has 0 radical (unpaired) electrons. The second-order valence-electron chi connectivity index (χ2n) is 5.66. The van der Waals surface area contributed by atoms with E-state index in [0.29, 0.717) is 25.2 Å². The molecule has 5 heteroatoms. The van der Waals surface area contributed by atoms with Gasteiger partial charge in [0.2, 0.25) is 0 Å². The highest BCUT2D eigenvalue weighted by Gasteiger charge is 2.05. The standard InChI is InChI=1S/C19H22ClFN2O/c1-2-3-10-23-19(24)16-7-4-14(5-8-16)12-22-13-15-6-9-17(20)18(21)11-15/h4-9,11,22H,2-3,10,12-13H2,1H3,(H,23,24). The Morgan fingerprint density at radius 2 is 1.75 bits per heavy atom. The van der Waals surface area contributed by atoms with Crippen LogP contribution < -0.4 is 10.6 Å². The van der Waals surface area contributed by atoms with Crippen molar-refractivity contribution >= 4 is 17.5 Å². The minimum absolute atomic E-state index is 0.0420. The van der Waals surface area contributed by atoms with Crippen molar-refractivity contribution in [2.45, 2.75) is 32.9 Å². The van der Waals surface area contributed by atoms with E-state index < -0.39 is 5.82 Å². The monoisotopic (exact) mass is 348 g/mol. The summed E-state index contributed by atoms with van der Waals surface area (Å²) in [6.45, 7) is 3.98. The van der Waals surface area contributed by atoms with Crippen LogP contribution in [0, 0.1) is 5.82 Å². The first kappa shape index (κ1) is 18.4. The smallest absolute Gasteiger partial charge is 0.251 e. The molecule has 2 N–H and O–H groups in total. The number of unbranched alkanes of at least 4 members (excludes halogenated alkanes) is 1. The van der Waals surface area contributed by atoms with Gasteiger partial charge in [0.05, 0.1) is 5.02 Å². The van der Waals surface area contributed by atoms with Gasteiger partial charge in [-0.15, -0.1) is 0 Å². The minimum Gasteiger partial charge on any atom is -0.352 e. The molecule has 0 aromatic heterocycles. The zero-order valence-corrected chi connectivity index (χ0v) is 14.5. The molecule has 128 valence electrons. The Kier molecular flexibility index (Phi) is 7.22. The molecule has 0 saturated heterocycles. The Bertz CT molecular complexity index is 674. The van der Waals surface area contributed by atoms with Gasteiger partial charge in [0.25, 0.3) is 5.91 Å². The van der Waals surface area contributed by atoms with Crippen molar-refractivity contribution in [3.63, 3.8) is 0 Å². The lowest BCUT2D eigenvalue weighted by atomic mass is 10.1. The van der Waals surface area contributed by atoms with Gasteiger partial charge in [-0.3, -0.25) is 4.79 Å². The molecular weight excluding hydrogens is 327 g/mol. The van der Waals surface area contributed by atoms with Gasteiger partial charge in [0.1, 0.15) is 5.82 Å². The highest BCUT2D eigenvalue weighted by Crippen LogP contribution is 2.15. The van der Waals surface area contributed by atoms with E-state index in [4.69, 9.17) is 11.6 Å². The molecule has 0 atom stereocenters. The maximum atomic E-state index is 13.4. The summed E-state index contributed by atoms with van der Waals surface area (Å²) in [5, 5.41) is 6.27. The Hall–Kier alpha value is -1.91. The lowest BCUT2D eigenvalue weighted by Gasteiger charge is -2.08. The van der Waals surface area contributed by atoms with Gasteiger partial charge in [0.15, 0.2) is 0 Å². The van der Waals surface area contributed by atoms with E-state index in [1.807, 2.05) is 24.3 Å². The zero-order valence-electron chi connectivity index (χ0n) is 13.7. The number of hydrogen-bond donors (Lipinski definition) is 2. The van der Waals surface area contributed by atoms with Crippen LogP contribution in [-0.4, -0.2) is 12.5 Å². The van der Waals surface area contributed by atoms with Crippen molar-refractivity contribution in [1.29, 1.82) is 0 Å². The third-order valence-electron chi connectivity index (χ3n) is 3.67. The summed E-state index contributed by atoms with van der Waals surface area (Å²) in [5.41, 5.74) is 2.56. The zero-order chi connectivity index (χ0) is 17.4. The first-order chi connectivity index (χ1) is 11.6. The van der Waals surface area contributed by atoms with Crippen molar-refractivity contribution in [2.75, 3.05) is 6.54 Å². The van der Waals surface area contributed by atoms with Crippen LogP contribution in [0.4, 0.5) is 4.39 Å². The molecule has 0 aliphatic heterocycles. The summed E-state index contributed by atoms with van der Waals surface area (Å²) in [4.78, 5) is 11.9. The number of amides is 1. The largest absolute Gasteiger partial charge is 0.352 e. The molecule has 3 nitrogen and oxygen atoms in total. The molecule has 1 amide bonds. The second kappa shape index (κ2) is 9.40. The van der Waals surface area contributed by atoms with Crippen LogP contribution in [0.1, 0.15) is 41.3 Å². The molecule has 2 aromatic carbocycles. The summed E-state index contributed by atoms with van der Waals surface area (Å²) in [7, 11) is 0. The minimum atomic E-state index is -0.408. The van der Waals surface area contributed by atoms with Crippen molar-refractivity contribution < 1.29 is 9.18 Å². The summed E-state index contributed by atoms with van der Waals surface area (Å²) in [6, 6.07) is 12.3. The second-order valence-corrected chi connectivity index (χ2v) is 6.07. The van der Waals surface area contributed by atoms with E-state index in [1.54, 1.807) is 12.1 Å². The fraction of sp³-hybridized carbons (Fsp3) is 0.316. The Morgan fingerprint density at radius 3 is 2.42 bits per heavy atom. The topological polar surface area (TPSA) is 41.1 Å². The van der Waals surface area contributed by atoms with Crippen molar-refractivity contribution in [1.82, 2.24) is 10.6 Å². The number of carbonyl (C=O) groups is 1. The molecule has 0 aliphatic rings. The Labute approximate surface area is 147 Å². The van der Waals surface area contributed by atoms with Crippen LogP contribution in [0.15, 0.2) is 42.5 Å². The van der Waals surface area contributed by atoms with Crippen LogP contribution in [0.2, 0.25) is 5.02 Å². The number of benzene rings is 2. The van der Waals surface area contributed by atoms with E-state index in [9.17, 15) is 9.18 Å². The molecule has 0 aliphatic carbocycles. The van der Waals surface area contributed by atoms with Gasteiger partial charge in [-0.25, -0.2) is 4.39 Å². The fourth-order valence-corrected chi connectivity index (χ4v) is 2.37. The van der Waals surface area contributed by atoms with E-state index in [0.717, 1.165) is 24.0 Å². The number of hydrogen-bond acceptors (Lipinski definition) is 2. The number of rotatable bonds is 8. The number of halogens is 2. The highest BCUT2D eigenvalue weighted by atomic mass is 35.5. The van der Waals surface area contributed by atoms with Crippen molar-refractivity contribution in [3.05, 3.63) is 70.0 Å². The van der Waals surface area contributed by atoms with Gasteiger partial charge >= 0.3 is 0 Å². The van der Waals surface area contributed by atoms with Crippen LogP contribution in [0.25, 0.3) is 0 Å². The average Bonchev–Trinajstić information content (AvgIpc) is 2.59. The first-order valence-electron chi connectivity index (χ1n) is 8.12. The van der Waals surface area contributed by atoms with Crippen LogP contribution in [0.5, 0.6) is 0 Å². The molecule has 0 bridgehead atoms. The summed E-state index contributed by atoms with van der Waals surface area (Å²) >= 11 is 5.66. The SMILES string of the molecule is CCCCNC(=O)c1ccc(CNCc2ccc(Cl)c(F)c2)cc1. The molecule has 0 saturated carbocycles. The summed E-state index contributed by atoms with van der Waals surface area (Å²) in [6.07, 6.45) is 2.04. The molecule has 2 aromatic rings. The van der Waals surface area contributed by atoms with E-state index in [2.05, 4.69) is 17.6 Å². The van der Waals surface area contributed by atoms with E-state index in [-0.39, 0.29) is 10.9 Å². The molecule has 0 heterocycles. The summed E-state index contributed by atoms with van der Waals surface area (Å²) in [5.74, 6) is -0.450. The van der Waals surface area contributed by atoms with Crippen molar-refractivity contribution in [2.24, 2.45) is 0 Å². The highest BCUT2D eigenvalue weighted by molar-refractivity contribution is 6.30. The molecule has 0 spiro atoms. The van der Waals surface area contributed by atoms with Gasteiger partial charge in [0, 0.05) is 25.2 Å². The molecule has 24 heavy (non-hydrogen) atoms. The predicted molar refractivity (Wildman–Crippen MR) is 95.6 cm³/mol. The van der Waals surface area contributed by atoms with E-state index >= 15 is 0 Å². The normalized spacial score (nSPS) is 10.6. The van der Waals surface area contributed by atoms with Gasteiger partial charge in [-0.05, 0) is 41.8 Å². The van der Waals surface area contributed by atoms with Crippen LogP contribution >= 0.6 is 11.6 Å². The van der Waals surface area contributed by atoms with Crippen molar-refractivity contribution in [3.8, 4) is 0 Å². The maximum absolute atomic E-state index is 13.4. The van der Waals surface area contributed by atoms with E-state index in [1.165, 1.54) is 6.07 Å². The number of nitrogens with one attached hydrogen (secondary N) is 2. The van der Waals surface area contributed by atoms with Crippen LogP contribution in [-0.2, 0) is 13.1 Å². The molecule has 0 fully saturated rings. The lowest BCUT2D eigenvalue weighted by molar-refractivity contribution is 0.0953. The number of carbonyl (C=O) groups excluding carboxylic acids is 1. The van der Waals surface area contributed by atoms with Crippen LogP contribution in [0.3, 0.4) is 0 Å². The van der Waals surface area contributed by atoms with Gasteiger partial charge in [-0.2, -0.15) is 0 Å². The van der Waals surface area contributed by atoms with Gasteiger partial charge < -0.3 is 10.6 Å². The first-order valence-corrected chi connectivity index (χ1v) is 8.49. The predicted octanol–water partition coefficient (Wildman–Crippen LogP) is 4.30. The Morgan fingerprint density at radius 1 is 1.08 bits per heavy atom. The Balaban J connectivity index is 1.81. The third kappa shape index (κ3) is 5.62. The molecular formula is C19H22ClFN2O. The molecule has 2 rings (SSSR count). The lowest BCUT2D eigenvalue weighted by Crippen LogP contribution is -2.24. The summed E-state index contributed by atoms with van der Waals surface area (Å²) < 4.78 is 13.4.